The number of carbonyl (C=O) groups is 1. The fourth-order valence-corrected chi connectivity index (χ4v) is 2.33. The number of nitrogens with zero attached hydrogens (tertiary/aromatic N) is 1. The maximum Gasteiger partial charge on any atom is 0.294 e. The Morgan fingerprint density at radius 1 is 1.26 bits per heavy atom. The molecule has 120 valence electrons. The Morgan fingerprint density at radius 3 is 2.57 bits per heavy atom. The van der Waals surface area contributed by atoms with E-state index >= 15 is 0 Å². The Morgan fingerprint density at radius 2 is 1.91 bits per heavy atom. The third-order valence-electron chi connectivity index (χ3n) is 3.05. The van der Waals surface area contributed by atoms with Crippen molar-refractivity contribution < 1.29 is 14.5 Å². The molecule has 6 nitrogen and oxygen atoms in total. The summed E-state index contributed by atoms with van der Waals surface area (Å²) in [4.78, 5) is 22.6. The number of hydrogen-bond acceptors (Lipinski definition) is 4. The van der Waals surface area contributed by atoms with E-state index in [2.05, 4.69) is 5.32 Å². The number of para-hydroxylation sites is 1. The van der Waals surface area contributed by atoms with E-state index in [1.54, 1.807) is 24.3 Å². The van der Waals surface area contributed by atoms with Crippen LogP contribution in [0.2, 0.25) is 10.0 Å². The number of ether oxygens (including phenoxy) is 1. The van der Waals surface area contributed by atoms with Gasteiger partial charge in [-0.15, -0.1) is 0 Å². The van der Waals surface area contributed by atoms with E-state index in [0.717, 1.165) is 6.07 Å². The molecule has 8 heteroatoms. The van der Waals surface area contributed by atoms with Gasteiger partial charge in [-0.2, -0.15) is 0 Å². The van der Waals surface area contributed by atoms with Gasteiger partial charge in [-0.05, 0) is 12.1 Å². The molecule has 0 saturated carbocycles. The summed E-state index contributed by atoms with van der Waals surface area (Å²) in [7, 11) is 1.50. The molecular formula is C15H12Cl2N2O4. The Kier molecular flexibility index (Phi) is 5.41. The van der Waals surface area contributed by atoms with Crippen molar-refractivity contribution in [1.29, 1.82) is 0 Å². The van der Waals surface area contributed by atoms with Crippen LogP contribution in [-0.4, -0.2) is 17.9 Å². The lowest BCUT2D eigenvalue weighted by molar-refractivity contribution is -0.383. The minimum Gasteiger partial charge on any atom is -0.496 e. The van der Waals surface area contributed by atoms with E-state index in [1.807, 2.05) is 0 Å². The lowest BCUT2D eigenvalue weighted by Crippen LogP contribution is -2.16. The summed E-state index contributed by atoms with van der Waals surface area (Å²) in [5.41, 5.74) is 0.326. The van der Waals surface area contributed by atoms with Gasteiger partial charge in [0, 0.05) is 11.6 Å². The number of nitro groups is 1. The van der Waals surface area contributed by atoms with Crippen LogP contribution in [0.4, 0.5) is 11.4 Å². The van der Waals surface area contributed by atoms with Crippen molar-refractivity contribution in [2.45, 2.75) is 6.42 Å². The molecule has 0 bridgehead atoms. The van der Waals surface area contributed by atoms with Crippen molar-refractivity contribution in [3.05, 3.63) is 62.1 Å². The molecule has 0 heterocycles. The Hall–Kier alpha value is -2.31. The van der Waals surface area contributed by atoms with Gasteiger partial charge in [0.2, 0.25) is 5.91 Å². The number of nitrogens with one attached hydrogen (secondary N) is 1. The molecule has 0 aliphatic rings. The first-order valence-electron chi connectivity index (χ1n) is 6.47. The molecule has 0 fully saturated rings. The highest BCUT2D eigenvalue weighted by molar-refractivity contribution is 6.42. The fourth-order valence-electron chi connectivity index (χ4n) is 2.00. The molecule has 0 aliphatic heterocycles. The maximum atomic E-state index is 12.2. The molecule has 0 saturated heterocycles. The second kappa shape index (κ2) is 7.30. The van der Waals surface area contributed by atoms with Gasteiger partial charge in [0.15, 0.2) is 0 Å². The Bertz CT molecular complexity index is 765. The van der Waals surface area contributed by atoms with Crippen LogP contribution in [0.1, 0.15) is 5.56 Å². The molecule has 0 spiro atoms. The Labute approximate surface area is 142 Å². The first-order chi connectivity index (χ1) is 10.9. The van der Waals surface area contributed by atoms with Gasteiger partial charge in [-0.1, -0.05) is 41.4 Å². The first-order valence-corrected chi connectivity index (χ1v) is 7.23. The molecule has 0 unspecified atom stereocenters. The summed E-state index contributed by atoms with van der Waals surface area (Å²) in [6, 6.07) is 9.37. The lowest BCUT2D eigenvalue weighted by atomic mass is 10.1. The number of hydrogen-bond donors (Lipinski definition) is 1. The van der Waals surface area contributed by atoms with Crippen LogP contribution in [0, 0.1) is 10.1 Å². The zero-order valence-corrected chi connectivity index (χ0v) is 13.5. The molecular weight excluding hydrogens is 343 g/mol. The highest BCUT2D eigenvalue weighted by atomic mass is 35.5. The van der Waals surface area contributed by atoms with E-state index in [1.165, 1.54) is 13.2 Å². The van der Waals surface area contributed by atoms with Crippen LogP contribution in [0.15, 0.2) is 36.4 Å². The highest BCUT2D eigenvalue weighted by Gasteiger charge is 2.19. The zero-order valence-electron chi connectivity index (χ0n) is 12.0. The summed E-state index contributed by atoms with van der Waals surface area (Å²) >= 11 is 11.6. The standard InChI is InChI=1S/C15H12Cl2N2O4/c1-23-14-5-3-2-4-9(14)6-15(20)18-12-7-10(16)11(17)8-13(12)19(21)22/h2-5,7-8H,6H2,1H3,(H,18,20). The number of nitro benzene ring substituents is 1. The van der Waals surface area contributed by atoms with Crippen LogP contribution in [0.5, 0.6) is 5.75 Å². The number of rotatable bonds is 5. The third-order valence-corrected chi connectivity index (χ3v) is 3.78. The van der Waals surface area contributed by atoms with Crippen LogP contribution >= 0.6 is 23.2 Å². The van der Waals surface area contributed by atoms with Crippen molar-refractivity contribution >= 4 is 40.5 Å². The quantitative estimate of drug-likeness (QED) is 0.647. The van der Waals surface area contributed by atoms with Crippen molar-refractivity contribution in [2.24, 2.45) is 0 Å². The van der Waals surface area contributed by atoms with Crippen LogP contribution < -0.4 is 10.1 Å². The fraction of sp³-hybridized carbons (Fsp3) is 0.133. The second-order valence-corrected chi connectivity index (χ2v) is 5.39. The minimum absolute atomic E-state index is 0.00140. The van der Waals surface area contributed by atoms with E-state index in [0.29, 0.717) is 11.3 Å². The highest BCUT2D eigenvalue weighted by Crippen LogP contribution is 2.34. The monoisotopic (exact) mass is 354 g/mol. The number of amides is 1. The van der Waals surface area contributed by atoms with E-state index < -0.39 is 10.8 Å². The molecule has 23 heavy (non-hydrogen) atoms. The van der Waals surface area contributed by atoms with E-state index in [-0.39, 0.29) is 27.8 Å². The van der Waals surface area contributed by atoms with Gasteiger partial charge in [-0.3, -0.25) is 14.9 Å². The van der Waals surface area contributed by atoms with E-state index in [9.17, 15) is 14.9 Å². The molecule has 0 atom stereocenters. The average Bonchev–Trinajstić information content (AvgIpc) is 2.50. The average molecular weight is 355 g/mol. The van der Waals surface area contributed by atoms with Crippen LogP contribution in [0.3, 0.4) is 0 Å². The zero-order chi connectivity index (χ0) is 17.0. The lowest BCUT2D eigenvalue weighted by Gasteiger charge is -2.10. The van der Waals surface area contributed by atoms with Crippen LogP contribution in [-0.2, 0) is 11.2 Å². The topological polar surface area (TPSA) is 81.5 Å². The smallest absolute Gasteiger partial charge is 0.294 e. The molecule has 1 amide bonds. The Balaban J connectivity index is 2.23. The number of carbonyl (C=O) groups excluding carboxylic acids is 1. The van der Waals surface area contributed by atoms with Crippen LogP contribution in [0.25, 0.3) is 0 Å². The van der Waals surface area contributed by atoms with E-state index in [4.69, 9.17) is 27.9 Å². The van der Waals surface area contributed by atoms with Gasteiger partial charge in [0.1, 0.15) is 11.4 Å². The molecule has 0 aliphatic carbocycles. The predicted molar refractivity (Wildman–Crippen MR) is 88.4 cm³/mol. The van der Waals surface area contributed by atoms with Crippen molar-refractivity contribution in [2.75, 3.05) is 12.4 Å². The van der Waals surface area contributed by atoms with Gasteiger partial charge in [-0.25, -0.2) is 0 Å². The number of methoxy groups -OCH3 is 1. The van der Waals surface area contributed by atoms with Gasteiger partial charge in [0.25, 0.3) is 5.69 Å². The molecule has 1 N–H and O–H groups in total. The predicted octanol–water partition coefficient (Wildman–Crippen LogP) is 4.09. The minimum atomic E-state index is -0.638. The molecule has 2 rings (SSSR count). The SMILES string of the molecule is COc1ccccc1CC(=O)Nc1cc(Cl)c(Cl)cc1[N+](=O)[O-]. The van der Waals surface area contributed by atoms with Gasteiger partial charge in [0.05, 0.1) is 28.5 Å². The van der Waals surface area contributed by atoms with Gasteiger partial charge < -0.3 is 10.1 Å². The molecule has 0 radical (unpaired) electrons. The largest absolute Gasteiger partial charge is 0.496 e. The van der Waals surface area contributed by atoms with Crippen molar-refractivity contribution in [3.8, 4) is 5.75 Å². The second-order valence-electron chi connectivity index (χ2n) is 4.58. The first kappa shape index (κ1) is 17.1. The third kappa shape index (κ3) is 4.12. The number of halogens is 2. The number of anilines is 1. The van der Waals surface area contributed by atoms with Gasteiger partial charge >= 0.3 is 0 Å². The number of benzene rings is 2. The molecule has 2 aromatic rings. The summed E-state index contributed by atoms with van der Waals surface area (Å²) in [5, 5.41) is 13.7. The summed E-state index contributed by atoms with van der Waals surface area (Å²) in [6.07, 6.45) is 0.00140. The molecule has 0 aromatic heterocycles. The van der Waals surface area contributed by atoms with Crippen molar-refractivity contribution in [3.63, 3.8) is 0 Å². The summed E-state index contributed by atoms with van der Waals surface area (Å²) in [5.74, 6) is 0.127. The molecule has 2 aromatic carbocycles. The van der Waals surface area contributed by atoms with Crippen molar-refractivity contribution in [1.82, 2.24) is 0 Å². The maximum absolute atomic E-state index is 12.2. The normalized spacial score (nSPS) is 10.2. The summed E-state index contributed by atoms with van der Waals surface area (Å²) in [6.45, 7) is 0. The summed E-state index contributed by atoms with van der Waals surface area (Å²) < 4.78 is 5.17.